The molecular formula is C21H34N4O3. The Balaban J connectivity index is 2.51. The van der Waals surface area contributed by atoms with Gasteiger partial charge in [-0.05, 0) is 18.4 Å². The molecule has 0 saturated heterocycles. The molecule has 1 unspecified atom stereocenters. The fraction of sp³-hybridized carbons (Fsp3) is 0.571. The predicted octanol–water partition coefficient (Wildman–Crippen LogP) is 1.39. The van der Waals surface area contributed by atoms with Crippen molar-refractivity contribution >= 4 is 17.7 Å². The first-order chi connectivity index (χ1) is 13.4. The molecule has 0 aromatic heterocycles. The first-order valence-corrected chi connectivity index (χ1v) is 10.1. The minimum atomic E-state index is -0.991. The Morgan fingerprint density at radius 2 is 1.71 bits per heavy atom. The number of benzene rings is 1. The molecule has 0 heterocycles. The van der Waals surface area contributed by atoms with Crippen molar-refractivity contribution < 1.29 is 14.4 Å². The van der Waals surface area contributed by atoms with Gasteiger partial charge in [-0.15, -0.1) is 0 Å². The summed E-state index contributed by atoms with van der Waals surface area (Å²) in [6.07, 6.45) is 6.15. The summed E-state index contributed by atoms with van der Waals surface area (Å²) in [4.78, 5) is 36.0. The molecule has 0 aliphatic heterocycles. The van der Waals surface area contributed by atoms with Crippen LogP contribution in [0.1, 0.15) is 57.4 Å². The molecule has 0 fully saturated rings. The third-order valence-electron chi connectivity index (χ3n) is 4.57. The first-order valence-electron chi connectivity index (χ1n) is 10.1. The smallest absolute Gasteiger partial charge is 0.242 e. The standard InChI is InChI=1S/C21H34N4O3/c1-2-3-4-5-9-12-19(26)25-18(15-17(22)20(23)27)21(28)24-14-13-16-10-7-6-8-11-16/h6-8,10-11,17-18H,2-5,9,12-15,22H2,1H3,(H2,23,27)(H,24,28)(H,25,26)/t17?,18-/m1/s1. The number of carbonyl (C=O) groups excluding carboxylic acids is 3. The zero-order valence-electron chi connectivity index (χ0n) is 16.8. The van der Waals surface area contributed by atoms with Crippen molar-refractivity contribution in [1.82, 2.24) is 10.6 Å². The predicted molar refractivity (Wildman–Crippen MR) is 110 cm³/mol. The molecule has 156 valence electrons. The molecule has 6 N–H and O–H groups in total. The van der Waals surface area contributed by atoms with E-state index < -0.39 is 18.0 Å². The van der Waals surface area contributed by atoms with E-state index in [9.17, 15) is 14.4 Å². The zero-order chi connectivity index (χ0) is 20.8. The molecule has 0 aliphatic carbocycles. The lowest BCUT2D eigenvalue weighted by atomic mass is 10.1. The van der Waals surface area contributed by atoms with Gasteiger partial charge in [0.05, 0.1) is 6.04 Å². The van der Waals surface area contributed by atoms with Crippen LogP contribution in [0.4, 0.5) is 0 Å². The molecule has 28 heavy (non-hydrogen) atoms. The van der Waals surface area contributed by atoms with Crippen LogP contribution < -0.4 is 22.1 Å². The number of nitrogens with two attached hydrogens (primary N) is 2. The third-order valence-corrected chi connectivity index (χ3v) is 4.57. The molecule has 7 heteroatoms. The van der Waals surface area contributed by atoms with Gasteiger partial charge in [0.1, 0.15) is 6.04 Å². The van der Waals surface area contributed by atoms with Gasteiger partial charge in [-0.2, -0.15) is 0 Å². The average Bonchev–Trinajstić information content (AvgIpc) is 2.67. The molecule has 2 atom stereocenters. The van der Waals surface area contributed by atoms with Crippen LogP contribution in [0.2, 0.25) is 0 Å². The second kappa shape index (κ2) is 13.7. The molecule has 1 rings (SSSR count). The Morgan fingerprint density at radius 3 is 2.36 bits per heavy atom. The van der Waals surface area contributed by atoms with Crippen LogP contribution in [0.5, 0.6) is 0 Å². The summed E-state index contributed by atoms with van der Waals surface area (Å²) in [5.74, 6) is -1.26. The van der Waals surface area contributed by atoms with Crippen LogP contribution in [0, 0.1) is 0 Å². The van der Waals surface area contributed by atoms with Gasteiger partial charge in [-0.1, -0.05) is 62.9 Å². The van der Waals surface area contributed by atoms with E-state index in [2.05, 4.69) is 17.6 Å². The summed E-state index contributed by atoms with van der Waals surface area (Å²) in [5, 5.41) is 5.51. The number of amides is 3. The second-order valence-corrected chi connectivity index (χ2v) is 7.06. The Morgan fingerprint density at radius 1 is 1.04 bits per heavy atom. The summed E-state index contributed by atoms with van der Waals surface area (Å²) >= 11 is 0. The summed E-state index contributed by atoms with van der Waals surface area (Å²) < 4.78 is 0. The van der Waals surface area contributed by atoms with Crippen molar-refractivity contribution in [3.63, 3.8) is 0 Å². The van der Waals surface area contributed by atoms with Crippen LogP contribution in [0.15, 0.2) is 30.3 Å². The molecule has 1 aromatic rings. The summed E-state index contributed by atoms with van der Waals surface area (Å²) in [7, 11) is 0. The molecule has 0 bridgehead atoms. The lowest BCUT2D eigenvalue weighted by Crippen LogP contribution is -2.51. The number of unbranched alkanes of at least 4 members (excludes halogenated alkanes) is 4. The fourth-order valence-corrected chi connectivity index (χ4v) is 2.86. The average molecular weight is 391 g/mol. The Hall–Kier alpha value is -2.41. The van der Waals surface area contributed by atoms with Gasteiger partial charge in [-0.25, -0.2) is 0 Å². The van der Waals surface area contributed by atoms with E-state index in [4.69, 9.17) is 11.5 Å². The normalized spacial score (nSPS) is 12.8. The van der Waals surface area contributed by atoms with Gasteiger partial charge in [0.15, 0.2) is 0 Å². The molecule has 3 amide bonds. The summed E-state index contributed by atoms with van der Waals surface area (Å²) in [6.45, 7) is 2.56. The quantitative estimate of drug-likeness (QED) is 0.358. The van der Waals surface area contributed by atoms with Crippen molar-refractivity contribution in [2.75, 3.05) is 6.54 Å². The van der Waals surface area contributed by atoms with Crippen molar-refractivity contribution in [3.05, 3.63) is 35.9 Å². The van der Waals surface area contributed by atoms with Gasteiger partial charge < -0.3 is 22.1 Å². The highest BCUT2D eigenvalue weighted by Crippen LogP contribution is 2.06. The number of hydrogen-bond donors (Lipinski definition) is 4. The van der Waals surface area contributed by atoms with Gasteiger partial charge in [0.2, 0.25) is 17.7 Å². The first kappa shape index (κ1) is 23.6. The van der Waals surface area contributed by atoms with E-state index in [0.717, 1.165) is 37.7 Å². The van der Waals surface area contributed by atoms with Gasteiger partial charge >= 0.3 is 0 Å². The molecule has 0 spiro atoms. The largest absolute Gasteiger partial charge is 0.368 e. The zero-order valence-corrected chi connectivity index (χ0v) is 16.8. The number of primary amides is 1. The fourth-order valence-electron chi connectivity index (χ4n) is 2.86. The SMILES string of the molecule is CCCCCCCC(=O)N[C@H](CC(N)C(N)=O)C(=O)NCCc1ccccc1. The topological polar surface area (TPSA) is 127 Å². The monoisotopic (exact) mass is 390 g/mol. The molecule has 0 radical (unpaired) electrons. The minimum Gasteiger partial charge on any atom is -0.368 e. The number of hydrogen-bond acceptors (Lipinski definition) is 4. The number of carbonyl (C=O) groups is 3. The van der Waals surface area contributed by atoms with E-state index in [0.29, 0.717) is 19.4 Å². The molecule has 1 aromatic carbocycles. The van der Waals surface area contributed by atoms with Crippen molar-refractivity contribution in [2.24, 2.45) is 11.5 Å². The Bertz CT molecular complexity index is 607. The lowest BCUT2D eigenvalue weighted by molar-refractivity contribution is -0.129. The second-order valence-electron chi connectivity index (χ2n) is 7.06. The van der Waals surface area contributed by atoms with E-state index in [1.54, 1.807) is 0 Å². The molecule has 0 aliphatic rings. The molecule has 0 saturated carbocycles. The van der Waals surface area contributed by atoms with Crippen molar-refractivity contribution in [3.8, 4) is 0 Å². The van der Waals surface area contributed by atoms with Crippen LogP contribution in [-0.2, 0) is 20.8 Å². The highest BCUT2D eigenvalue weighted by molar-refractivity contribution is 5.89. The maximum Gasteiger partial charge on any atom is 0.242 e. The van der Waals surface area contributed by atoms with Crippen LogP contribution in [0.25, 0.3) is 0 Å². The lowest BCUT2D eigenvalue weighted by Gasteiger charge is -2.20. The highest BCUT2D eigenvalue weighted by Gasteiger charge is 2.25. The Labute approximate surface area is 167 Å². The number of rotatable bonds is 14. The highest BCUT2D eigenvalue weighted by atomic mass is 16.2. The third kappa shape index (κ3) is 10.1. The maximum atomic E-state index is 12.5. The van der Waals surface area contributed by atoms with Crippen LogP contribution in [-0.4, -0.2) is 36.3 Å². The van der Waals surface area contributed by atoms with Gasteiger partial charge in [-0.3, -0.25) is 14.4 Å². The Kier molecular flexibility index (Phi) is 11.6. The van der Waals surface area contributed by atoms with Crippen molar-refractivity contribution in [1.29, 1.82) is 0 Å². The van der Waals surface area contributed by atoms with Crippen LogP contribution >= 0.6 is 0 Å². The maximum absolute atomic E-state index is 12.5. The van der Waals surface area contributed by atoms with E-state index in [1.807, 2.05) is 30.3 Å². The number of nitrogens with one attached hydrogen (secondary N) is 2. The van der Waals surface area contributed by atoms with Crippen LogP contribution in [0.3, 0.4) is 0 Å². The molecule has 7 nitrogen and oxygen atoms in total. The van der Waals surface area contributed by atoms with Gasteiger partial charge in [0.25, 0.3) is 0 Å². The van der Waals surface area contributed by atoms with E-state index >= 15 is 0 Å². The van der Waals surface area contributed by atoms with Crippen molar-refractivity contribution in [2.45, 2.75) is 70.4 Å². The van der Waals surface area contributed by atoms with Gasteiger partial charge in [0, 0.05) is 19.4 Å². The summed E-state index contributed by atoms with van der Waals surface area (Å²) in [6, 6.07) is 7.90. The molecular weight excluding hydrogens is 356 g/mol. The minimum absolute atomic E-state index is 0.0198. The van der Waals surface area contributed by atoms with E-state index in [-0.39, 0.29) is 18.2 Å². The summed E-state index contributed by atoms with van der Waals surface area (Å²) in [5.41, 5.74) is 12.0. The van der Waals surface area contributed by atoms with E-state index in [1.165, 1.54) is 0 Å².